The predicted octanol–water partition coefficient (Wildman–Crippen LogP) is 3.44. The largest absolute Gasteiger partial charge is 0.314 e. The molecule has 1 atom stereocenters. The van der Waals surface area contributed by atoms with Gasteiger partial charge in [-0.3, -0.25) is 0 Å². The normalized spacial score (nSPS) is 13.2. The maximum absolute atomic E-state index is 3.45. The van der Waals surface area contributed by atoms with Crippen LogP contribution in [0.5, 0.6) is 0 Å². The van der Waals surface area contributed by atoms with Gasteiger partial charge in [-0.25, -0.2) is 0 Å². The Morgan fingerprint density at radius 1 is 1.33 bits per heavy atom. The van der Waals surface area contributed by atoms with E-state index in [2.05, 4.69) is 48.8 Å². The molecule has 0 aliphatic heterocycles. The van der Waals surface area contributed by atoms with Gasteiger partial charge in [0.1, 0.15) is 0 Å². The van der Waals surface area contributed by atoms with Crippen molar-refractivity contribution in [3.63, 3.8) is 0 Å². The summed E-state index contributed by atoms with van der Waals surface area (Å²) >= 11 is 1.85. The van der Waals surface area contributed by atoms with E-state index in [4.69, 9.17) is 0 Å². The zero-order chi connectivity index (χ0) is 10.7. The fourth-order valence-corrected chi connectivity index (χ4v) is 2.92. The maximum Gasteiger partial charge on any atom is 0.0345 e. The summed E-state index contributed by atoms with van der Waals surface area (Å²) < 4.78 is 1.40. The average Bonchev–Trinajstić information content (AvgIpc) is 2.62. The topological polar surface area (TPSA) is 12.0 Å². The first-order valence-electron chi connectivity index (χ1n) is 5.49. The summed E-state index contributed by atoms with van der Waals surface area (Å²) in [7, 11) is 0. The van der Waals surface area contributed by atoms with Gasteiger partial charge in [-0.2, -0.15) is 0 Å². The first-order valence-corrected chi connectivity index (χ1v) is 6.37. The van der Waals surface area contributed by atoms with Crippen LogP contribution >= 0.6 is 11.3 Å². The Kier molecular flexibility index (Phi) is 3.39. The number of hydrogen-bond donors (Lipinski definition) is 1. The molecule has 0 saturated carbocycles. The lowest BCUT2D eigenvalue weighted by Gasteiger charge is -2.11. The number of fused-ring (bicyclic) bond motifs is 1. The van der Waals surface area contributed by atoms with Crippen LogP contribution in [0.4, 0.5) is 0 Å². The highest BCUT2D eigenvalue weighted by molar-refractivity contribution is 7.17. The van der Waals surface area contributed by atoms with Gasteiger partial charge in [0.05, 0.1) is 0 Å². The maximum atomic E-state index is 3.45. The first kappa shape index (κ1) is 10.7. The van der Waals surface area contributed by atoms with Crippen LogP contribution in [0.3, 0.4) is 0 Å². The summed E-state index contributed by atoms with van der Waals surface area (Å²) in [5, 5.41) is 7.17. The second-order valence-corrected chi connectivity index (χ2v) is 4.83. The Balaban J connectivity index is 2.21. The second kappa shape index (κ2) is 4.77. The molecular weight excluding hydrogens is 202 g/mol. The van der Waals surface area contributed by atoms with Crippen LogP contribution in [-0.2, 0) is 6.42 Å². The van der Waals surface area contributed by atoms with Crippen molar-refractivity contribution in [3.05, 3.63) is 35.2 Å². The Labute approximate surface area is 95.1 Å². The highest BCUT2D eigenvalue weighted by atomic mass is 32.1. The molecule has 2 heteroatoms. The molecule has 0 radical (unpaired) electrons. The molecule has 0 aliphatic rings. The number of rotatable bonds is 4. The smallest absolute Gasteiger partial charge is 0.0345 e. The van der Waals surface area contributed by atoms with E-state index in [1.54, 1.807) is 0 Å². The first-order chi connectivity index (χ1) is 7.31. The highest BCUT2D eigenvalue weighted by Gasteiger charge is 2.06. The Bertz CT molecular complexity index is 433. The average molecular weight is 219 g/mol. The molecule has 2 rings (SSSR count). The van der Waals surface area contributed by atoms with Gasteiger partial charge in [-0.15, -0.1) is 11.3 Å². The SMILES string of the molecule is CCN[C@@H](C)Cc1csc2ccccc12. The monoisotopic (exact) mass is 219 g/mol. The highest BCUT2D eigenvalue weighted by Crippen LogP contribution is 2.26. The molecule has 1 heterocycles. The minimum Gasteiger partial charge on any atom is -0.314 e. The zero-order valence-corrected chi connectivity index (χ0v) is 10.1. The summed E-state index contributed by atoms with van der Waals surface area (Å²) in [5.74, 6) is 0. The lowest BCUT2D eigenvalue weighted by atomic mass is 10.1. The Morgan fingerprint density at radius 2 is 2.13 bits per heavy atom. The van der Waals surface area contributed by atoms with E-state index < -0.39 is 0 Å². The fourth-order valence-electron chi connectivity index (χ4n) is 1.94. The van der Waals surface area contributed by atoms with Crippen LogP contribution in [0, 0.1) is 0 Å². The quantitative estimate of drug-likeness (QED) is 0.830. The summed E-state index contributed by atoms with van der Waals surface area (Å²) in [5.41, 5.74) is 1.48. The number of benzene rings is 1. The van der Waals surface area contributed by atoms with Gasteiger partial charge >= 0.3 is 0 Å². The summed E-state index contributed by atoms with van der Waals surface area (Å²) in [6, 6.07) is 9.21. The van der Waals surface area contributed by atoms with Crippen LogP contribution < -0.4 is 5.32 Å². The van der Waals surface area contributed by atoms with Crippen molar-refractivity contribution in [1.29, 1.82) is 0 Å². The van der Waals surface area contributed by atoms with E-state index in [0.29, 0.717) is 6.04 Å². The standard InChI is InChI=1S/C13H17NS/c1-3-14-10(2)8-11-9-15-13-7-5-4-6-12(11)13/h4-7,9-10,14H,3,8H2,1-2H3/t10-/m0/s1. The number of nitrogens with one attached hydrogen (secondary N) is 1. The van der Waals surface area contributed by atoms with E-state index in [0.717, 1.165) is 13.0 Å². The van der Waals surface area contributed by atoms with Crippen molar-refractivity contribution in [3.8, 4) is 0 Å². The third-order valence-corrected chi connectivity index (χ3v) is 3.65. The summed E-state index contributed by atoms with van der Waals surface area (Å²) in [6.07, 6.45) is 1.12. The van der Waals surface area contributed by atoms with Crippen LogP contribution in [0.25, 0.3) is 10.1 Å². The van der Waals surface area contributed by atoms with E-state index >= 15 is 0 Å². The molecule has 80 valence electrons. The molecule has 0 aliphatic carbocycles. The van der Waals surface area contributed by atoms with Gasteiger partial charge in [-0.1, -0.05) is 25.1 Å². The van der Waals surface area contributed by atoms with Gasteiger partial charge in [0, 0.05) is 10.7 Å². The summed E-state index contributed by atoms with van der Waals surface area (Å²) in [4.78, 5) is 0. The molecule has 0 spiro atoms. The fraction of sp³-hybridized carbons (Fsp3) is 0.385. The van der Waals surface area contributed by atoms with Crippen molar-refractivity contribution in [2.45, 2.75) is 26.3 Å². The van der Waals surface area contributed by atoms with Crippen molar-refractivity contribution >= 4 is 21.4 Å². The Morgan fingerprint density at radius 3 is 2.93 bits per heavy atom. The molecule has 1 N–H and O–H groups in total. The van der Waals surface area contributed by atoms with Crippen molar-refractivity contribution in [2.75, 3.05) is 6.54 Å². The molecule has 0 fully saturated rings. The van der Waals surface area contributed by atoms with E-state index in [1.165, 1.54) is 15.6 Å². The third kappa shape index (κ3) is 2.39. The molecule has 0 bridgehead atoms. The summed E-state index contributed by atoms with van der Waals surface area (Å²) in [6.45, 7) is 5.45. The van der Waals surface area contributed by atoms with E-state index in [-0.39, 0.29) is 0 Å². The lowest BCUT2D eigenvalue weighted by Crippen LogP contribution is -2.27. The van der Waals surface area contributed by atoms with Gasteiger partial charge in [0.25, 0.3) is 0 Å². The molecule has 1 nitrogen and oxygen atoms in total. The minimum atomic E-state index is 0.563. The van der Waals surface area contributed by atoms with Gasteiger partial charge < -0.3 is 5.32 Å². The van der Waals surface area contributed by atoms with Crippen molar-refractivity contribution in [1.82, 2.24) is 5.32 Å². The molecule has 15 heavy (non-hydrogen) atoms. The molecule has 0 amide bonds. The third-order valence-electron chi connectivity index (χ3n) is 2.64. The Hall–Kier alpha value is -0.860. The number of likely N-dealkylation sites (N-methyl/N-ethyl adjacent to an activating group) is 1. The minimum absolute atomic E-state index is 0.563. The predicted molar refractivity (Wildman–Crippen MR) is 68.7 cm³/mol. The van der Waals surface area contributed by atoms with E-state index in [9.17, 15) is 0 Å². The van der Waals surface area contributed by atoms with Crippen LogP contribution in [0.2, 0.25) is 0 Å². The zero-order valence-electron chi connectivity index (χ0n) is 9.29. The van der Waals surface area contributed by atoms with Crippen LogP contribution in [-0.4, -0.2) is 12.6 Å². The van der Waals surface area contributed by atoms with Crippen molar-refractivity contribution in [2.24, 2.45) is 0 Å². The molecule has 1 aromatic heterocycles. The number of thiophene rings is 1. The lowest BCUT2D eigenvalue weighted by molar-refractivity contribution is 0.567. The molecule has 0 unspecified atom stereocenters. The molecule has 0 saturated heterocycles. The van der Waals surface area contributed by atoms with E-state index in [1.807, 2.05) is 11.3 Å². The van der Waals surface area contributed by atoms with Crippen LogP contribution in [0.15, 0.2) is 29.6 Å². The molecule has 2 aromatic rings. The number of hydrogen-bond acceptors (Lipinski definition) is 2. The van der Waals surface area contributed by atoms with Gasteiger partial charge in [0.2, 0.25) is 0 Å². The van der Waals surface area contributed by atoms with Crippen LogP contribution in [0.1, 0.15) is 19.4 Å². The molecule has 1 aromatic carbocycles. The second-order valence-electron chi connectivity index (χ2n) is 3.92. The molecular formula is C13H17NS. The van der Waals surface area contributed by atoms with Crippen molar-refractivity contribution < 1.29 is 0 Å². The van der Waals surface area contributed by atoms with Gasteiger partial charge in [0.15, 0.2) is 0 Å². The van der Waals surface area contributed by atoms with Gasteiger partial charge in [-0.05, 0) is 42.3 Å².